The van der Waals surface area contributed by atoms with Gasteiger partial charge in [0.2, 0.25) is 0 Å². The molecule has 3 atom stereocenters. The lowest BCUT2D eigenvalue weighted by molar-refractivity contribution is -0.144. The van der Waals surface area contributed by atoms with Gasteiger partial charge in [0, 0.05) is 18.6 Å². The lowest BCUT2D eigenvalue weighted by atomic mass is 10.0. The number of amides is 1. The molecule has 0 spiro atoms. The fourth-order valence-electron chi connectivity index (χ4n) is 3.04. The summed E-state index contributed by atoms with van der Waals surface area (Å²) in [5.41, 5.74) is 0. The summed E-state index contributed by atoms with van der Waals surface area (Å²) in [6.45, 7) is 8.15. The van der Waals surface area contributed by atoms with Crippen LogP contribution in [0.2, 0.25) is 0 Å². The van der Waals surface area contributed by atoms with Crippen molar-refractivity contribution in [2.24, 2.45) is 0 Å². The molecule has 2 aliphatic rings. The first-order chi connectivity index (χ1) is 9.08. The Balaban J connectivity index is 1.92. The van der Waals surface area contributed by atoms with Crippen molar-refractivity contribution in [1.29, 1.82) is 0 Å². The van der Waals surface area contributed by atoms with Gasteiger partial charge >= 0.3 is 0 Å². The van der Waals surface area contributed by atoms with E-state index >= 15 is 0 Å². The molecule has 0 radical (unpaired) electrons. The van der Waals surface area contributed by atoms with E-state index in [4.69, 9.17) is 4.74 Å². The molecule has 0 aliphatic carbocycles. The molecule has 2 heterocycles. The normalized spacial score (nSPS) is 31.7. The van der Waals surface area contributed by atoms with Gasteiger partial charge in [0.25, 0.3) is 5.91 Å². The zero-order valence-corrected chi connectivity index (χ0v) is 12.5. The summed E-state index contributed by atoms with van der Waals surface area (Å²) in [5, 5.41) is 3.52. The Bertz CT molecular complexity index is 301. The van der Waals surface area contributed by atoms with Crippen molar-refractivity contribution in [3.63, 3.8) is 0 Å². The van der Waals surface area contributed by atoms with Crippen LogP contribution in [-0.4, -0.2) is 48.2 Å². The summed E-state index contributed by atoms with van der Waals surface area (Å²) in [6.07, 6.45) is 5.62. The average Bonchev–Trinajstić information content (AvgIpc) is 2.83. The maximum absolute atomic E-state index is 12.6. The third-order valence-corrected chi connectivity index (χ3v) is 4.24. The van der Waals surface area contributed by atoms with Crippen molar-refractivity contribution in [3.05, 3.63) is 0 Å². The second-order valence-corrected chi connectivity index (χ2v) is 6.24. The summed E-state index contributed by atoms with van der Waals surface area (Å²) in [7, 11) is 0. The first-order valence-electron chi connectivity index (χ1n) is 7.77. The van der Waals surface area contributed by atoms with E-state index in [1.54, 1.807) is 0 Å². The van der Waals surface area contributed by atoms with Crippen LogP contribution in [0, 0.1) is 0 Å². The van der Waals surface area contributed by atoms with Crippen molar-refractivity contribution in [2.45, 2.75) is 77.2 Å². The monoisotopic (exact) mass is 268 g/mol. The Kier molecular flexibility index (Phi) is 5.22. The van der Waals surface area contributed by atoms with Crippen LogP contribution in [0.25, 0.3) is 0 Å². The van der Waals surface area contributed by atoms with E-state index < -0.39 is 0 Å². The Labute approximate surface area is 116 Å². The number of carbonyl (C=O) groups excluding carboxylic acids is 1. The summed E-state index contributed by atoms with van der Waals surface area (Å²) in [6, 6.07) is 0.703. The highest BCUT2D eigenvalue weighted by molar-refractivity contribution is 5.81. The van der Waals surface area contributed by atoms with Crippen LogP contribution in [-0.2, 0) is 9.53 Å². The number of carbonyl (C=O) groups is 1. The first kappa shape index (κ1) is 14.8. The zero-order valence-electron chi connectivity index (χ0n) is 12.5. The summed E-state index contributed by atoms with van der Waals surface area (Å²) < 4.78 is 5.73. The van der Waals surface area contributed by atoms with E-state index in [0.717, 1.165) is 25.9 Å². The van der Waals surface area contributed by atoms with Gasteiger partial charge in [0.1, 0.15) is 6.10 Å². The highest BCUT2D eigenvalue weighted by atomic mass is 16.5. The maximum Gasteiger partial charge on any atom is 0.251 e. The number of hydrogen-bond donors (Lipinski definition) is 1. The molecule has 0 aromatic carbocycles. The first-order valence-corrected chi connectivity index (χ1v) is 7.77. The fraction of sp³-hybridized carbons (Fsp3) is 0.933. The lowest BCUT2D eigenvalue weighted by Gasteiger charge is -2.34. The highest BCUT2D eigenvalue weighted by Crippen LogP contribution is 2.22. The molecule has 4 nitrogen and oxygen atoms in total. The minimum absolute atomic E-state index is 0.187. The third kappa shape index (κ3) is 3.93. The number of nitrogens with one attached hydrogen (secondary N) is 1. The number of hydrogen-bond acceptors (Lipinski definition) is 3. The summed E-state index contributed by atoms with van der Waals surface area (Å²) >= 11 is 0. The van der Waals surface area contributed by atoms with E-state index in [-0.39, 0.29) is 24.2 Å². The third-order valence-electron chi connectivity index (χ3n) is 4.24. The smallest absolute Gasteiger partial charge is 0.251 e. The molecule has 2 fully saturated rings. The van der Waals surface area contributed by atoms with Crippen LogP contribution in [0.5, 0.6) is 0 Å². The Hall–Kier alpha value is -0.610. The Morgan fingerprint density at radius 2 is 2.11 bits per heavy atom. The number of ether oxygens (including phenoxy) is 1. The number of nitrogens with zero attached hydrogens (tertiary/aromatic N) is 1. The topological polar surface area (TPSA) is 41.6 Å². The molecular formula is C15H28N2O2. The van der Waals surface area contributed by atoms with Crippen molar-refractivity contribution in [2.75, 3.05) is 13.1 Å². The molecule has 1 amide bonds. The van der Waals surface area contributed by atoms with E-state index in [2.05, 4.69) is 26.1 Å². The van der Waals surface area contributed by atoms with E-state index in [0.29, 0.717) is 6.04 Å². The van der Waals surface area contributed by atoms with Gasteiger partial charge in [-0.1, -0.05) is 6.42 Å². The van der Waals surface area contributed by atoms with Gasteiger partial charge in [-0.15, -0.1) is 0 Å². The SMILES string of the molecule is CC1CCC(C(=O)N(CC2CCCCN2)C(C)C)O1. The molecule has 1 N–H and O–H groups in total. The predicted octanol–water partition coefficient (Wildman–Crippen LogP) is 1.93. The van der Waals surface area contributed by atoms with Gasteiger partial charge in [0.15, 0.2) is 0 Å². The molecule has 19 heavy (non-hydrogen) atoms. The maximum atomic E-state index is 12.6. The number of piperidine rings is 1. The molecule has 0 aromatic rings. The van der Waals surface area contributed by atoms with Crippen LogP contribution in [0.3, 0.4) is 0 Å². The number of rotatable bonds is 4. The van der Waals surface area contributed by atoms with Crippen molar-refractivity contribution >= 4 is 5.91 Å². The Morgan fingerprint density at radius 1 is 1.32 bits per heavy atom. The predicted molar refractivity (Wildman–Crippen MR) is 76.1 cm³/mol. The van der Waals surface area contributed by atoms with Crippen LogP contribution < -0.4 is 5.32 Å². The minimum Gasteiger partial charge on any atom is -0.365 e. The molecule has 4 heteroatoms. The van der Waals surface area contributed by atoms with Crippen LogP contribution in [0.15, 0.2) is 0 Å². The van der Waals surface area contributed by atoms with E-state index in [1.807, 2.05) is 4.90 Å². The zero-order chi connectivity index (χ0) is 13.8. The van der Waals surface area contributed by atoms with Gasteiger partial charge in [-0.05, 0) is 53.0 Å². The van der Waals surface area contributed by atoms with Gasteiger partial charge in [0.05, 0.1) is 6.10 Å². The van der Waals surface area contributed by atoms with E-state index in [1.165, 1.54) is 19.3 Å². The molecule has 0 saturated carbocycles. The van der Waals surface area contributed by atoms with E-state index in [9.17, 15) is 4.79 Å². The molecular weight excluding hydrogens is 240 g/mol. The Morgan fingerprint density at radius 3 is 2.63 bits per heavy atom. The summed E-state index contributed by atoms with van der Waals surface area (Å²) in [4.78, 5) is 14.6. The minimum atomic E-state index is -0.207. The van der Waals surface area contributed by atoms with Crippen LogP contribution >= 0.6 is 0 Å². The molecule has 3 unspecified atom stereocenters. The van der Waals surface area contributed by atoms with Gasteiger partial charge in [-0.3, -0.25) is 4.79 Å². The van der Waals surface area contributed by atoms with Crippen molar-refractivity contribution < 1.29 is 9.53 Å². The van der Waals surface area contributed by atoms with Gasteiger partial charge in [-0.2, -0.15) is 0 Å². The molecule has 2 saturated heterocycles. The molecule has 0 bridgehead atoms. The van der Waals surface area contributed by atoms with Gasteiger partial charge < -0.3 is 15.0 Å². The van der Waals surface area contributed by atoms with Gasteiger partial charge in [-0.25, -0.2) is 0 Å². The van der Waals surface area contributed by atoms with Crippen molar-refractivity contribution in [1.82, 2.24) is 10.2 Å². The highest BCUT2D eigenvalue weighted by Gasteiger charge is 2.33. The average molecular weight is 268 g/mol. The fourth-order valence-corrected chi connectivity index (χ4v) is 3.04. The largest absolute Gasteiger partial charge is 0.365 e. The van der Waals surface area contributed by atoms with Crippen molar-refractivity contribution in [3.8, 4) is 0 Å². The quantitative estimate of drug-likeness (QED) is 0.847. The molecule has 0 aromatic heterocycles. The standard InChI is InChI=1S/C15H28N2O2/c1-11(2)17(10-13-6-4-5-9-16-13)15(18)14-8-7-12(3)19-14/h11-14,16H,4-10H2,1-3H3. The second-order valence-electron chi connectivity index (χ2n) is 6.24. The van der Waals surface area contributed by atoms with Crippen LogP contribution in [0.1, 0.15) is 52.9 Å². The lowest BCUT2D eigenvalue weighted by Crippen LogP contribution is -2.51. The second kappa shape index (κ2) is 6.71. The van der Waals surface area contributed by atoms with Crippen LogP contribution in [0.4, 0.5) is 0 Å². The molecule has 110 valence electrons. The molecule has 2 rings (SSSR count). The molecule has 2 aliphatic heterocycles. The summed E-state index contributed by atoms with van der Waals surface area (Å²) in [5.74, 6) is 0.187.